The molecule has 2 aromatic heterocycles. The maximum absolute atomic E-state index is 5.26. The van der Waals surface area contributed by atoms with E-state index in [-0.39, 0.29) is 0 Å². The number of hydrogen-bond acceptors (Lipinski definition) is 4. The lowest BCUT2D eigenvalue weighted by Gasteiger charge is -1.93. The van der Waals surface area contributed by atoms with E-state index >= 15 is 0 Å². The number of halogens is 1. The fourth-order valence-corrected chi connectivity index (χ4v) is 1.91. The van der Waals surface area contributed by atoms with E-state index in [1.807, 2.05) is 36.4 Å². The number of hydrogen-bond donors (Lipinski definition) is 0. The van der Waals surface area contributed by atoms with Crippen molar-refractivity contribution in [3.05, 3.63) is 52.4 Å². The maximum atomic E-state index is 5.26. The summed E-state index contributed by atoms with van der Waals surface area (Å²) in [6.45, 7) is 0. The highest BCUT2D eigenvalue weighted by atomic mass is 127. The number of benzene rings is 1. The van der Waals surface area contributed by atoms with Crippen LogP contribution in [0, 0.1) is 3.57 Å². The van der Waals surface area contributed by atoms with E-state index in [2.05, 4.69) is 37.7 Å². The van der Waals surface area contributed by atoms with Gasteiger partial charge in [-0.05, 0) is 59.0 Å². The molecule has 5 heteroatoms. The summed E-state index contributed by atoms with van der Waals surface area (Å²) in [5, 5.41) is 3.97. The highest BCUT2D eigenvalue weighted by Gasteiger charge is 2.09. The second kappa shape index (κ2) is 4.85. The van der Waals surface area contributed by atoms with E-state index < -0.39 is 0 Å². The first kappa shape index (κ1) is 11.3. The summed E-state index contributed by atoms with van der Waals surface area (Å²) in [4.78, 5) is 8.33. The molecule has 0 fully saturated rings. The van der Waals surface area contributed by atoms with E-state index in [9.17, 15) is 0 Å². The first-order valence-electron chi connectivity index (χ1n) is 5.33. The Bertz CT molecular complexity index is 650. The molecular weight excluding hydrogens is 341 g/mol. The fraction of sp³-hybridized carbons (Fsp3) is 0. The molecule has 4 nitrogen and oxygen atoms in total. The second-order valence-electron chi connectivity index (χ2n) is 3.67. The van der Waals surface area contributed by atoms with Crippen LogP contribution in [-0.4, -0.2) is 15.1 Å². The van der Waals surface area contributed by atoms with E-state index in [1.54, 1.807) is 12.4 Å². The molecule has 0 aliphatic heterocycles. The normalized spacial score (nSPS) is 10.5. The molecule has 0 N–H and O–H groups in total. The Hall–Kier alpha value is -1.76. The van der Waals surface area contributed by atoms with Gasteiger partial charge in [0.2, 0.25) is 5.82 Å². The number of nitrogens with zero attached hydrogens (tertiary/aromatic N) is 3. The summed E-state index contributed by atoms with van der Waals surface area (Å²) in [6, 6.07) is 11.6. The van der Waals surface area contributed by atoms with Crippen LogP contribution >= 0.6 is 22.6 Å². The second-order valence-corrected chi connectivity index (χ2v) is 4.91. The van der Waals surface area contributed by atoms with Gasteiger partial charge in [0.1, 0.15) is 0 Å². The third-order valence-electron chi connectivity index (χ3n) is 2.46. The van der Waals surface area contributed by atoms with Crippen LogP contribution in [0.15, 0.2) is 53.3 Å². The largest absolute Gasteiger partial charge is 0.334 e. The minimum absolute atomic E-state index is 0.526. The summed E-state index contributed by atoms with van der Waals surface area (Å²) < 4.78 is 6.43. The van der Waals surface area contributed by atoms with Gasteiger partial charge in [0, 0.05) is 27.1 Å². The molecule has 3 aromatic rings. The third kappa shape index (κ3) is 2.26. The van der Waals surface area contributed by atoms with Gasteiger partial charge in [-0.25, -0.2) is 0 Å². The fourth-order valence-electron chi connectivity index (χ4n) is 1.55. The average molecular weight is 349 g/mol. The minimum Gasteiger partial charge on any atom is -0.334 e. The molecule has 2 heterocycles. The average Bonchev–Trinajstić information content (AvgIpc) is 2.90. The van der Waals surface area contributed by atoms with Gasteiger partial charge < -0.3 is 4.52 Å². The van der Waals surface area contributed by atoms with E-state index in [1.165, 1.54) is 3.57 Å². The molecular formula is C13H8IN3O. The Balaban J connectivity index is 1.97. The van der Waals surface area contributed by atoms with Crippen molar-refractivity contribution in [2.45, 2.75) is 0 Å². The van der Waals surface area contributed by atoms with Crippen LogP contribution in [0.5, 0.6) is 0 Å². The van der Waals surface area contributed by atoms with Crippen LogP contribution in [0.2, 0.25) is 0 Å². The van der Waals surface area contributed by atoms with Crippen molar-refractivity contribution in [1.29, 1.82) is 0 Å². The third-order valence-corrected chi connectivity index (χ3v) is 3.17. The molecule has 0 saturated carbocycles. The standard InChI is InChI=1S/C13H8IN3O/c14-11-3-1-10(2-4-11)13-16-12(17-18-13)9-5-7-15-8-6-9/h1-8H. The number of rotatable bonds is 2. The van der Waals surface area contributed by atoms with Crippen molar-refractivity contribution in [3.8, 4) is 22.8 Å². The van der Waals surface area contributed by atoms with Gasteiger partial charge in [-0.3, -0.25) is 4.98 Å². The molecule has 0 spiro atoms. The number of aromatic nitrogens is 3. The predicted octanol–water partition coefficient (Wildman–Crippen LogP) is 3.40. The van der Waals surface area contributed by atoms with Crippen molar-refractivity contribution in [1.82, 2.24) is 15.1 Å². The van der Waals surface area contributed by atoms with Gasteiger partial charge in [0.25, 0.3) is 5.89 Å². The summed E-state index contributed by atoms with van der Waals surface area (Å²) >= 11 is 2.26. The van der Waals surface area contributed by atoms with Gasteiger partial charge in [0.15, 0.2) is 0 Å². The van der Waals surface area contributed by atoms with Crippen molar-refractivity contribution >= 4 is 22.6 Å². The molecule has 0 aliphatic rings. The van der Waals surface area contributed by atoms with Crippen LogP contribution in [0.1, 0.15) is 0 Å². The lowest BCUT2D eigenvalue weighted by atomic mass is 10.2. The molecule has 3 rings (SSSR count). The van der Waals surface area contributed by atoms with Crippen LogP contribution in [0.4, 0.5) is 0 Å². The maximum Gasteiger partial charge on any atom is 0.258 e. The van der Waals surface area contributed by atoms with E-state index in [0.29, 0.717) is 11.7 Å². The topological polar surface area (TPSA) is 51.8 Å². The Morgan fingerprint density at radius 3 is 2.33 bits per heavy atom. The van der Waals surface area contributed by atoms with E-state index in [4.69, 9.17) is 4.52 Å². The van der Waals surface area contributed by atoms with Crippen LogP contribution < -0.4 is 0 Å². The zero-order valence-electron chi connectivity index (χ0n) is 9.25. The smallest absolute Gasteiger partial charge is 0.258 e. The zero-order valence-corrected chi connectivity index (χ0v) is 11.4. The molecule has 0 atom stereocenters. The SMILES string of the molecule is Ic1ccc(-c2nc(-c3ccncc3)no2)cc1. The van der Waals surface area contributed by atoms with Gasteiger partial charge >= 0.3 is 0 Å². The van der Waals surface area contributed by atoms with Gasteiger partial charge in [-0.1, -0.05) is 5.16 Å². The van der Waals surface area contributed by atoms with Crippen LogP contribution in [0.3, 0.4) is 0 Å². The minimum atomic E-state index is 0.526. The van der Waals surface area contributed by atoms with Crippen molar-refractivity contribution in [2.24, 2.45) is 0 Å². The molecule has 0 aliphatic carbocycles. The van der Waals surface area contributed by atoms with Crippen molar-refractivity contribution < 1.29 is 4.52 Å². The van der Waals surface area contributed by atoms with Gasteiger partial charge in [-0.15, -0.1) is 0 Å². The molecule has 88 valence electrons. The Morgan fingerprint density at radius 1 is 0.889 bits per heavy atom. The Morgan fingerprint density at radius 2 is 1.61 bits per heavy atom. The predicted molar refractivity (Wildman–Crippen MR) is 75.7 cm³/mol. The highest BCUT2D eigenvalue weighted by Crippen LogP contribution is 2.22. The molecule has 0 bridgehead atoms. The quantitative estimate of drug-likeness (QED) is 0.666. The van der Waals surface area contributed by atoms with Gasteiger partial charge in [0.05, 0.1) is 0 Å². The molecule has 0 radical (unpaired) electrons. The van der Waals surface area contributed by atoms with Crippen LogP contribution in [0.25, 0.3) is 22.8 Å². The number of pyridine rings is 1. The van der Waals surface area contributed by atoms with Crippen molar-refractivity contribution in [2.75, 3.05) is 0 Å². The Kier molecular flexibility index (Phi) is 3.06. The van der Waals surface area contributed by atoms with E-state index in [0.717, 1.165) is 11.1 Å². The monoisotopic (exact) mass is 349 g/mol. The lowest BCUT2D eigenvalue weighted by molar-refractivity contribution is 0.432. The molecule has 0 amide bonds. The summed E-state index contributed by atoms with van der Waals surface area (Å²) in [7, 11) is 0. The first-order chi connectivity index (χ1) is 8.83. The molecule has 0 saturated heterocycles. The summed E-state index contributed by atoms with van der Waals surface area (Å²) in [5.74, 6) is 1.10. The molecule has 0 unspecified atom stereocenters. The highest BCUT2D eigenvalue weighted by molar-refractivity contribution is 14.1. The lowest BCUT2D eigenvalue weighted by Crippen LogP contribution is -1.81. The summed E-state index contributed by atoms with van der Waals surface area (Å²) in [6.07, 6.45) is 3.41. The Labute approximate surface area is 117 Å². The van der Waals surface area contributed by atoms with Crippen molar-refractivity contribution in [3.63, 3.8) is 0 Å². The van der Waals surface area contributed by atoms with Crippen LogP contribution in [-0.2, 0) is 0 Å². The summed E-state index contributed by atoms with van der Waals surface area (Å²) in [5.41, 5.74) is 1.81. The zero-order chi connectivity index (χ0) is 12.4. The first-order valence-corrected chi connectivity index (χ1v) is 6.41. The molecule has 18 heavy (non-hydrogen) atoms. The molecule has 1 aromatic carbocycles. The van der Waals surface area contributed by atoms with Gasteiger partial charge in [-0.2, -0.15) is 4.98 Å².